The maximum atomic E-state index is 5.56. The van der Waals surface area contributed by atoms with Crippen molar-refractivity contribution < 1.29 is 0 Å². The van der Waals surface area contributed by atoms with Gasteiger partial charge in [-0.3, -0.25) is 9.97 Å². The number of aromatic nitrogens is 3. The van der Waals surface area contributed by atoms with Gasteiger partial charge in [0.25, 0.3) is 0 Å². The Kier molecular flexibility index (Phi) is 3.10. The molecule has 0 aliphatic rings. The first-order valence-electron chi connectivity index (χ1n) is 5.28. The average Bonchev–Trinajstić information content (AvgIpc) is 2.30. The number of pyridine rings is 1. The molecule has 0 radical (unpaired) electrons. The molecule has 0 unspecified atom stereocenters. The van der Waals surface area contributed by atoms with Crippen molar-refractivity contribution in [2.24, 2.45) is 0 Å². The molecule has 2 rings (SSSR count). The summed E-state index contributed by atoms with van der Waals surface area (Å²) in [6, 6.07) is 4.10. The lowest BCUT2D eigenvalue weighted by Crippen LogP contribution is -1.99. The fourth-order valence-corrected chi connectivity index (χ4v) is 1.46. The van der Waals surface area contributed by atoms with Crippen molar-refractivity contribution in [1.82, 2.24) is 15.0 Å². The molecular weight excluding hydrogens is 200 g/mol. The Hall–Kier alpha value is -1.97. The van der Waals surface area contributed by atoms with Crippen LogP contribution in [0.25, 0.3) is 0 Å². The third-order valence-corrected chi connectivity index (χ3v) is 2.36. The van der Waals surface area contributed by atoms with Crippen molar-refractivity contribution in [3.63, 3.8) is 0 Å². The van der Waals surface area contributed by atoms with E-state index in [-0.39, 0.29) is 0 Å². The molecule has 2 N–H and O–H groups in total. The lowest BCUT2D eigenvalue weighted by atomic mass is 10.1. The molecule has 0 atom stereocenters. The molecule has 0 bridgehead atoms. The van der Waals surface area contributed by atoms with Crippen molar-refractivity contribution in [2.45, 2.75) is 19.8 Å². The number of anilines is 1. The number of hydrogen-bond donors (Lipinski definition) is 1. The third kappa shape index (κ3) is 2.53. The van der Waals surface area contributed by atoms with Gasteiger partial charge in [-0.2, -0.15) is 0 Å². The molecular formula is C12H14N4. The summed E-state index contributed by atoms with van der Waals surface area (Å²) in [5.74, 6) is 0.447. The average molecular weight is 214 g/mol. The molecule has 0 aliphatic carbocycles. The zero-order valence-electron chi connectivity index (χ0n) is 9.22. The molecule has 0 saturated heterocycles. The van der Waals surface area contributed by atoms with Crippen LogP contribution in [0.4, 0.5) is 5.82 Å². The highest BCUT2D eigenvalue weighted by molar-refractivity contribution is 5.26. The zero-order chi connectivity index (χ0) is 11.4. The number of nitrogens with zero attached hydrogens (tertiary/aromatic N) is 3. The summed E-state index contributed by atoms with van der Waals surface area (Å²) >= 11 is 0. The van der Waals surface area contributed by atoms with Gasteiger partial charge in [0.05, 0.1) is 11.9 Å². The Balaban J connectivity index is 2.14. The number of rotatable bonds is 3. The summed E-state index contributed by atoms with van der Waals surface area (Å²) in [6.45, 7) is 2.11. The van der Waals surface area contributed by atoms with E-state index in [9.17, 15) is 0 Å². The maximum absolute atomic E-state index is 5.56. The fraction of sp³-hybridized carbons (Fsp3) is 0.250. The second-order valence-corrected chi connectivity index (χ2v) is 3.62. The second kappa shape index (κ2) is 4.70. The maximum Gasteiger partial charge on any atom is 0.142 e. The SMILES string of the molecule is CCc1ccc(Cc2cncc(N)n2)nc1. The monoisotopic (exact) mass is 214 g/mol. The molecule has 0 spiro atoms. The molecule has 82 valence electrons. The first kappa shape index (κ1) is 10.5. The van der Waals surface area contributed by atoms with E-state index in [1.807, 2.05) is 12.3 Å². The minimum absolute atomic E-state index is 0.447. The third-order valence-electron chi connectivity index (χ3n) is 2.36. The number of hydrogen-bond acceptors (Lipinski definition) is 4. The highest BCUT2D eigenvalue weighted by Crippen LogP contribution is 2.06. The molecule has 2 aromatic heterocycles. The van der Waals surface area contributed by atoms with Gasteiger partial charge >= 0.3 is 0 Å². The van der Waals surface area contributed by atoms with Crippen LogP contribution < -0.4 is 5.73 Å². The molecule has 4 nitrogen and oxygen atoms in total. The lowest BCUT2D eigenvalue weighted by Gasteiger charge is -2.02. The van der Waals surface area contributed by atoms with E-state index >= 15 is 0 Å². The summed E-state index contributed by atoms with van der Waals surface area (Å²) in [7, 11) is 0. The van der Waals surface area contributed by atoms with Gasteiger partial charge in [0.15, 0.2) is 0 Å². The molecule has 0 amide bonds. The lowest BCUT2D eigenvalue weighted by molar-refractivity contribution is 0.977. The van der Waals surface area contributed by atoms with Crippen LogP contribution in [0.15, 0.2) is 30.7 Å². The van der Waals surface area contributed by atoms with Crippen LogP contribution in [0.2, 0.25) is 0 Å². The van der Waals surface area contributed by atoms with Gasteiger partial charge in [-0.1, -0.05) is 13.0 Å². The van der Waals surface area contributed by atoms with Crippen molar-refractivity contribution in [3.05, 3.63) is 47.7 Å². The Bertz CT molecular complexity index is 465. The Labute approximate surface area is 94.6 Å². The van der Waals surface area contributed by atoms with Crippen molar-refractivity contribution in [3.8, 4) is 0 Å². The number of aryl methyl sites for hydroxylation is 1. The standard InChI is InChI=1S/C12H14N4/c1-2-9-3-4-10(15-6-9)5-11-7-14-8-12(13)16-11/h3-4,6-8H,2,5H2,1H3,(H2,13,16). The van der Waals surface area contributed by atoms with Crippen LogP contribution in [-0.4, -0.2) is 15.0 Å². The highest BCUT2D eigenvalue weighted by atomic mass is 14.9. The van der Waals surface area contributed by atoms with Crippen LogP contribution in [-0.2, 0) is 12.8 Å². The van der Waals surface area contributed by atoms with Crippen LogP contribution in [0.3, 0.4) is 0 Å². The molecule has 0 saturated carbocycles. The smallest absolute Gasteiger partial charge is 0.142 e. The van der Waals surface area contributed by atoms with Gasteiger partial charge < -0.3 is 5.73 Å². The van der Waals surface area contributed by atoms with Crippen molar-refractivity contribution in [1.29, 1.82) is 0 Å². The largest absolute Gasteiger partial charge is 0.382 e. The molecule has 2 aromatic rings. The molecule has 0 aromatic carbocycles. The van der Waals surface area contributed by atoms with Crippen molar-refractivity contribution >= 4 is 5.82 Å². The molecule has 4 heteroatoms. The van der Waals surface area contributed by atoms with Crippen LogP contribution in [0.5, 0.6) is 0 Å². The Morgan fingerprint density at radius 1 is 1.12 bits per heavy atom. The summed E-state index contributed by atoms with van der Waals surface area (Å²) in [5, 5.41) is 0. The minimum Gasteiger partial charge on any atom is -0.382 e. The van der Waals surface area contributed by atoms with Gasteiger partial charge in [0.1, 0.15) is 5.82 Å². The van der Waals surface area contributed by atoms with E-state index in [2.05, 4.69) is 27.9 Å². The molecule has 16 heavy (non-hydrogen) atoms. The molecule has 0 aliphatic heterocycles. The zero-order valence-corrected chi connectivity index (χ0v) is 9.22. The van der Waals surface area contributed by atoms with Gasteiger partial charge in [-0.25, -0.2) is 4.98 Å². The van der Waals surface area contributed by atoms with Crippen LogP contribution in [0.1, 0.15) is 23.9 Å². The first-order chi connectivity index (χ1) is 7.78. The van der Waals surface area contributed by atoms with Crippen LogP contribution >= 0.6 is 0 Å². The highest BCUT2D eigenvalue weighted by Gasteiger charge is 2.00. The van der Waals surface area contributed by atoms with E-state index in [1.165, 1.54) is 11.8 Å². The number of nitrogens with two attached hydrogens (primary N) is 1. The summed E-state index contributed by atoms with van der Waals surface area (Å²) in [5.41, 5.74) is 8.63. The van der Waals surface area contributed by atoms with Gasteiger partial charge in [-0.05, 0) is 18.1 Å². The van der Waals surface area contributed by atoms with Crippen molar-refractivity contribution in [2.75, 3.05) is 5.73 Å². The normalized spacial score (nSPS) is 10.3. The van der Waals surface area contributed by atoms with E-state index in [1.54, 1.807) is 6.20 Å². The van der Waals surface area contributed by atoms with E-state index < -0.39 is 0 Å². The topological polar surface area (TPSA) is 64.7 Å². The Morgan fingerprint density at radius 2 is 2.00 bits per heavy atom. The minimum atomic E-state index is 0.447. The predicted octanol–water partition coefficient (Wildman–Crippen LogP) is 1.61. The van der Waals surface area contributed by atoms with Gasteiger partial charge in [-0.15, -0.1) is 0 Å². The Morgan fingerprint density at radius 3 is 2.62 bits per heavy atom. The quantitative estimate of drug-likeness (QED) is 0.843. The van der Waals surface area contributed by atoms with E-state index in [4.69, 9.17) is 5.73 Å². The second-order valence-electron chi connectivity index (χ2n) is 3.62. The summed E-state index contributed by atoms with van der Waals surface area (Å²) in [4.78, 5) is 12.6. The summed E-state index contributed by atoms with van der Waals surface area (Å²) in [6.07, 6.45) is 6.82. The van der Waals surface area contributed by atoms with Gasteiger partial charge in [0, 0.05) is 24.5 Å². The number of nitrogen functional groups attached to an aromatic ring is 1. The van der Waals surface area contributed by atoms with Crippen LogP contribution in [0, 0.1) is 0 Å². The van der Waals surface area contributed by atoms with Gasteiger partial charge in [0.2, 0.25) is 0 Å². The molecule has 0 fully saturated rings. The molecule has 2 heterocycles. The van der Waals surface area contributed by atoms with E-state index in [0.29, 0.717) is 12.2 Å². The predicted molar refractivity (Wildman–Crippen MR) is 62.9 cm³/mol. The summed E-state index contributed by atoms with van der Waals surface area (Å²) < 4.78 is 0. The fourth-order valence-electron chi connectivity index (χ4n) is 1.46. The first-order valence-corrected chi connectivity index (χ1v) is 5.28. The van der Waals surface area contributed by atoms with E-state index in [0.717, 1.165) is 17.8 Å².